The predicted octanol–water partition coefficient (Wildman–Crippen LogP) is 0.0459. The van der Waals surface area contributed by atoms with Crippen LogP contribution in [0.1, 0.15) is 19.8 Å². The summed E-state index contributed by atoms with van der Waals surface area (Å²) in [6, 6.07) is 0. The Labute approximate surface area is 97.4 Å². The molecule has 1 N–H and O–H groups in total. The minimum Gasteiger partial charge on any atom is -0.285 e. The molecule has 1 rings (SSSR count). The van der Waals surface area contributed by atoms with Gasteiger partial charge in [-0.15, -0.1) is 0 Å². The average molecular weight is 175 g/mol. The third-order valence-corrected chi connectivity index (χ3v) is 3.23. The summed E-state index contributed by atoms with van der Waals surface area (Å²) in [6.45, 7) is 1.54. The van der Waals surface area contributed by atoms with Crippen LogP contribution in [0.25, 0.3) is 0 Å². The Balaban J connectivity index is 0.000000640. The van der Waals surface area contributed by atoms with E-state index in [2.05, 4.69) is 0 Å². The summed E-state index contributed by atoms with van der Waals surface area (Å²) in [5.74, 6) is 0. The van der Waals surface area contributed by atoms with Crippen molar-refractivity contribution in [3.8, 4) is 0 Å². The largest absolute Gasteiger partial charge is 0.285 e. The summed E-state index contributed by atoms with van der Waals surface area (Å²) >= 11 is 0. The maximum Gasteiger partial charge on any atom is 0.270 e. The van der Waals surface area contributed by atoms with E-state index in [-0.39, 0.29) is 51.4 Å². The van der Waals surface area contributed by atoms with E-state index in [4.69, 9.17) is 4.55 Å². The molecule has 0 amide bonds. The van der Waals surface area contributed by atoms with Crippen molar-refractivity contribution in [2.75, 3.05) is 0 Å². The summed E-state index contributed by atoms with van der Waals surface area (Å²) in [6.07, 6.45) is 1.21. The summed E-state index contributed by atoms with van der Waals surface area (Å²) in [4.78, 5) is 0. The molecular weight excluding hydrogens is 167 g/mol. The molecule has 0 aromatic heterocycles. The fourth-order valence-corrected chi connectivity index (χ4v) is 1.05. The first-order chi connectivity index (χ1) is 3.46. The van der Waals surface area contributed by atoms with Crippen molar-refractivity contribution < 1.29 is 13.0 Å². The van der Waals surface area contributed by atoms with Crippen molar-refractivity contribution in [3.63, 3.8) is 0 Å². The topological polar surface area (TPSA) is 54.4 Å². The van der Waals surface area contributed by atoms with Gasteiger partial charge in [0.05, 0.1) is 4.75 Å². The van der Waals surface area contributed by atoms with E-state index in [0.29, 0.717) is 12.8 Å². The van der Waals surface area contributed by atoms with Crippen LogP contribution >= 0.6 is 0 Å². The summed E-state index contributed by atoms with van der Waals surface area (Å²) in [5, 5.41) is 0. The van der Waals surface area contributed by atoms with Gasteiger partial charge < -0.3 is 0 Å². The van der Waals surface area contributed by atoms with Crippen LogP contribution in [-0.4, -0.2) is 69.1 Å². The average Bonchev–Trinajstić information content (AvgIpc) is 2.16. The Kier molecular flexibility index (Phi) is 3.38. The Morgan fingerprint density at radius 2 is 1.78 bits per heavy atom. The summed E-state index contributed by atoms with van der Waals surface area (Å²) < 4.78 is 28.1. The molecule has 1 fully saturated rings. The Morgan fingerprint density at radius 1 is 1.44 bits per heavy atom. The molecule has 0 saturated heterocycles. The summed E-state index contributed by atoms with van der Waals surface area (Å²) in [7, 11) is -3.73. The Bertz CT molecular complexity index is 192. The maximum absolute atomic E-state index is 10.3. The van der Waals surface area contributed by atoms with E-state index in [1.54, 1.807) is 6.92 Å². The zero-order valence-electron chi connectivity index (χ0n) is 5.59. The van der Waals surface area contributed by atoms with Gasteiger partial charge in [-0.2, -0.15) is 8.42 Å². The van der Waals surface area contributed by atoms with Crippen molar-refractivity contribution >= 4 is 61.5 Å². The molecule has 1 aliphatic carbocycles. The third kappa shape index (κ3) is 2.25. The second-order valence-corrected chi connectivity index (χ2v) is 4.36. The molecule has 0 aromatic rings. The zero-order chi connectivity index (χ0) is 6.41. The van der Waals surface area contributed by atoms with Crippen molar-refractivity contribution in [2.45, 2.75) is 24.5 Å². The van der Waals surface area contributed by atoms with Crippen molar-refractivity contribution in [3.05, 3.63) is 0 Å². The first-order valence-corrected chi connectivity index (χ1v) is 3.87. The van der Waals surface area contributed by atoms with Gasteiger partial charge in [-0.1, -0.05) is 0 Å². The van der Waals surface area contributed by atoms with E-state index in [9.17, 15) is 8.42 Å². The van der Waals surface area contributed by atoms with Gasteiger partial charge in [-0.25, -0.2) is 0 Å². The van der Waals surface area contributed by atoms with Gasteiger partial charge in [0.1, 0.15) is 0 Å². The standard InChI is InChI=1S/C4H8O3S.K/c1-4(2-3-4)8(5,6)7;/h2-3H2,1H3,(H,5,6,7);. The van der Waals surface area contributed by atoms with Gasteiger partial charge in [-0.05, 0) is 19.8 Å². The number of hydrogen-bond acceptors (Lipinski definition) is 2. The van der Waals surface area contributed by atoms with Crippen LogP contribution in [0.3, 0.4) is 0 Å². The van der Waals surface area contributed by atoms with Crippen molar-refractivity contribution in [1.82, 2.24) is 0 Å². The second-order valence-electron chi connectivity index (χ2n) is 2.42. The van der Waals surface area contributed by atoms with E-state index in [1.807, 2.05) is 0 Å². The first kappa shape index (κ1) is 10.5. The molecule has 49 valence electrons. The molecule has 1 saturated carbocycles. The molecule has 0 spiro atoms. The summed E-state index contributed by atoms with van der Waals surface area (Å²) in [5.41, 5.74) is 0. The van der Waals surface area contributed by atoms with Gasteiger partial charge in [0.15, 0.2) is 0 Å². The smallest absolute Gasteiger partial charge is 0.270 e. The molecule has 0 atom stereocenters. The minimum atomic E-state index is -3.73. The fourth-order valence-electron chi connectivity index (χ4n) is 0.434. The van der Waals surface area contributed by atoms with Crippen LogP contribution in [0, 0.1) is 0 Å². The monoisotopic (exact) mass is 175 g/mol. The van der Waals surface area contributed by atoms with Crippen molar-refractivity contribution in [1.29, 1.82) is 0 Å². The van der Waals surface area contributed by atoms with Crippen LogP contribution in [0.15, 0.2) is 0 Å². The Morgan fingerprint density at radius 3 is 1.78 bits per heavy atom. The van der Waals surface area contributed by atoms with Crippen LogP contribution in [0.4, 0.5) is 0 Å². The molecule has 0 bridgehead atoms. The molecule has 1 aliphatic rings. The molecule has 1 radical (unpaired) electrons. The first-order valence-electron chi connectivity index (χ1n) is 2.43. The van der Waals surface area contributed by atoms with Gasteiger partial charge in [-0.3, -0.25) is 4.55 Å². The second kappa shape index (κ2) is 2.88. The van der Waals surface area contributed by atoms with Crippen LogP contribution in [0.5, 0.6) is 0 Å². The van der Waals surface area contributed by atoms with E-state index in [0.717, 1.165) is 0 Å². The van der Waals surface area contributed by atoms with Crippen LogP contribution in [0.2, 0.25) is 0 Å². The molecule has 0 unspecified atom stereocenters. The van der Waals surface area contributed by atoms with Crippen LogP contribution < -0.4 is 0 Å². The van der Waals surface area contributed by atoms with E-state index >= 15 is 0 Å². The minimum absolute atomic E-state index is 0. The van der Waals surface area contributed by atoms with Gasteiger partial charge >= 0.3 is 0 Å². The fraction of sp³-hybridized carbons (Fsp3) is 1.00. The van der Waals surface area contributed by atoms with Crippen LogP contribution in [-0.2, 0) is 10.1 Å². The molecule has 3 nitrogen and oxygen atoms in total. The quantitative estimate of drug-likeness (QED) is 0.452. The SMILES string of the molecule is CC1(S(=O)(=O)O)CC1.[K]. The molecule has 5 heteroatoms. The molecule has 0 aromatic carbocycles. The maximum atomic E-state index is 10.3. The third-order valence-electron chi connectivity index (χ3n) is 1.58. The predicted molar refractivity (Wildman–Crippen MR) is 34.9 cm³/mol. The molecule has 0 aliphatic heterocycles. The van der Waals surface area contributed by atoms with Gasteiger partial charge in [0.2, 0.25) is 0 Å². The number of hydrogen-bond donors (Lipinski definition) is 1. The normalized spacial score (nSPS) is 22.4. The van der Waals surface area contributed by atoms with Gasteiger partial charge in [0, 0.05) is 51.4 Å². The molecule has 0 heterocycles. The Hall–Kier alpha value is 1.55. The molecular formula is C4H8KO3S. The zero-order valence-corrected chi connectivity index (χ0v) is 9.53. The van der Waals surface area contributed by atoms with E-state index < -0.39 is 14.9 Å². The van der Waals surface area contributed by atoms with E-state index in [1.165, 1.54) is 0 Å². The molecule has 9 heavy (non-hydrogen) atoms. The van der Waals surface area contributed by atoms with Gasteiger partial charge in [0.25, 0.3) is 10.1 Å². The van der Waals surface area contributed by atoms with Crippen molar-refractivity contribution in [2.24, 2.45) is 0 Å². The number of rotatable bonds is 1.